The molecule has 0 bridgehead atoms. The molecule has 25 heavy (non-hydrogen) atoms. The first-order chi connectivity index (χ1) is 12.1. The molecule has 3 N–H and O–H groups in total. The zero-order valence-corrected chi connectivity index (χ0v) is 14.2. The minimum absolute atomic E-state index is 0.136. The average Bonchev–Trinajstić information content (AvgIpc) is 3.01. The monoisotopic (exact) mass is 337 g/mol. The van der Waals surface area contributed by atoms with Gasteiger partial charge in [0.2, 0.25) is 0 Å². The number of hydrogen-bond donors (Lipinski definition) is 3. The molecule has 0 unspecified atom stereocenters. The standard InChI is InChI=1S/C17H19N7O/c1-11-7-16(22-13-6-4-5-12(8-13)17(25)19-3)24(23-11)15-9-14(18-2)20-10-21-15/h4-10,22H,1-3H3,(H,19,25)(H,18,20,21). The summed E-state index contributed by atoms with van der Waals surface area (Å²) in [6.45, 7) is 1.91. The van der Waals surface area contributed by atoms with E-state index in [1.807, 2.05) is 25.1 Å². The first-order valence-electron chi connectivity index (χ1n) is 7.76. The maximum atomic E-state index is 11.8. The predicted molar refractivity (Wildman–Crippen MR) is 96.6 cm³/mol. The van der Waals surface area contributed by atoms with Crippen molar-refractivity contribution in [2.45, 2.75) is 6.92 Å². The molecule has 8 nitrogen and oxygen atoms in total. The predicted octanol–water partition coefficient (Wildman–Crippen LogP) is 2.12. The van der Waals surface area contributed by atoms with Gasteiger partial charge in [-0.2, -0.15) is 9.78 Å². The fraction of sp³-hybridized carbons (Fsp3) is 0.176. The third-order valence-corrected chi connectivity index (χ3v) is 3.58. The fourth-order valence-electron chi connectivity index (χ4n) is 2.39. The zero-order chi connectivity index (χ0) is 17.8. The first kappa shape index (κ1) is 16.4. The third-order valence-electron chi connectivity index (χ3n) is 3.58. The Morgan fingerprint density at radius 3 is 2.72 bits per heavy atom. The minimum Gasteiger partial charge on any atom is -0.373 e. The number of anilines is 3. The summed E-state index contributed by atoms with van der Waals surface area (Å²) >= 11 is 0. The highest BCUT2D eigenvalue weighted by Gasteiger charge is 2.11. The molecule has 0 radical (unpaired) electrons. The summed E-state index contributed by atoms with van der Waals surface area (Å²) in [5.41, 5.74) is 2.20. The molecule has 0 aliphatic rings. The summed E-state index contributed by atoms with van der Waals surface area (Å²) in [5, 5.41) is 13.4. The van der Waals surface area contributed by atoms with Crippen LogP contribution < -0.4 is 16.0 Å². The van der Waals surface area contributed by atoms with Gasteiger partial charge in [-0.05, 0) is 25.1 Å². The van der Waals surface area contributed by atoms with E-state index >= 15 is 0 Å². The number of amides is 1. The second-order valence-corrected chi connectivity index (χ2v) is 5.38. The van der Waals surface area contributed by atoms with Crippen molar-refractivity contribution in [1.82, 2.24) is 25.1 Å². The van der Waals surface area contributed by atoms with Crippen LogP contribution in [0.4, 0.5) is 17.3 Å². The molecule has 128 valence electrons. The van der Waals surface area contributed by atoms with Gasteiger partial charge in [0.25, 0.3) is 5.91 Å². The Balaban J connectivity index is 1.95. The Labute approximate surface area is 145 Å². The summed E-state index contributed by atoms with van der Waals surface area (Å²) in [6.07, 6.45) is 1.48. The molecular formula is C17H19N7O. The highest BCUT2D eigenvalue weighted by atomic mass is 16.1. The normalized spacial score (nSPS) is 10.4. The van der Waals surface area contributed by atoms with Gasteiger partial charge in [-0.1, -0.05) is 6.07 Å². The number of rotatable bonds is 5. The van der Waals surface area contributed by atoms with E-state index < -0.39 is 0 Å². The Hall–Kier alpha value is -3.42. The maximum Gasteiger partial charge on any atom is 0.251 e. The Kier molecular flexibility index (Phi) is 4.60. The van der Waals surface area contributed by atoms with Crippen molar-refractivity contribution in [3.8, 4) is 5.82 Å². The number of aromatic nitrogens is 4. The van der Waals surface area contributed by atoms with Crippen LogP contribution in [0.25, 0.3) is 5.82 Å². The fourth-order valence-corrected chi connectivity index (χ4v) is 2.39. The van der Waals surface area contributed by atoms with Crippen molar-refractivity contribution >= 4 is 23.2 Å². The molecule has 0 aliphatic carbocycles. The largest absolute Gasteiger partial charge is 0.373 e. The molecular weight excluding hydrogens is 318 g/mol. The van der Waals surface area contributed by atoms with Crippen molar-refractivity contribution in [2.75, 3.05) is 24.7 Å². The Morgan fingerprint density at radius 2 is 1.96 bits per heavy atom. The van der Waals surface area contributed by atoms with Gasteiger partial charge >= 0.3 is 0 Å². The molecule has 2 heterocycles. The SMILES string of the molecule is CNC(=O)c1cccc(Nc2cc(C)nn2-c2cc(NC)ncn2)c1. The third kappa shape index (κ3) is 3.57. The molecule has 0 saturated carbocycles. The lowest BCUT2D eigenvalue weighted by Gasteiger charge is -2.10. The molecule has 8 heteroatoms. The van der Waals surface area contributed by atoms with Gasteiger partial charge in [0.1, 0.15) is 18.0 Å². The maximum absolute atomic E-state index is 11.8. The van der Waals surface area contributed by atoms with E-state index in [2.05, 4.69) is 31.0 Å². The van der Waals surface area contributed by atoms with Gasteiger partial charge in [-0.3, -0.25) is 4.79 Å². The summed E-state index contributed by atoms with van der Waals surface area (Å²) in [4.78, 5) is 20.2. The lowest BCUT2D eigenvalue weighted by atomic mass is 10.2. The summed E-state index contributed by atoms with van der Waals surface area (Å²) in [7, 11) is 3.40. The van der Waals surface area contributed by atoms with Crippen LogP contribution in [0.3, 0.4) is 0 Å². The number of aryl methyl sites for hydroxylation is 1. The molecule has 0 fully saturated rings. The second-order valence-electron chi connectivity index (χ2n) is 5.38. The van der Waals surface area contributed by atoms with Gasteiger partial charge in [0, 0.05) is 37.5 Å². The van der Waals surface area contributed by atoms with Crippen molar-refractivity contribution in [3.05, 3.63) is 54.0 Å². The van der Waals surface area contributed by atoms with Crippen LogP contribution in [-0.2, 0) is 0 Å². The zero-order valence-electron chi connectivity index (χ0n) is 14.2. The Bertz CT molecular complexity index is 904. The minimum atomic E-state index is -0.136. The number of carbonyl (C=O) groups is 1. The van der Waals surface area contributed by atoms with Gasteiger partial charge in [-0.15, -0.1) is 0 Å². The first-order valence-corrected chi connectivity index (χ1v) is 7.76. The van der Waals surface area contributed by atoms with Crippen LogP contribution in [0, 0.1) is 6.92 Å². The van der Waals surface area contributed by atoms with Crippen LogP contribution in [-0.4, -0.2) is 39.8 Å². The topological polar surface area (TPSA) is 96.8 Å². The molecule has 0 saturated heterocycles. The van der Waals surface area contributed by atoms with Gasteiger partial charge in [-0.25, -0.2) is 9.97 Å². The molecule has 0 atom stereocenters. The van der Waals surface area contributed by atoms with Gasteiger partial charge in [0.15, 0.2) is 5.82 Å². The molecule has 1 aromatic carbocycles. The lowest BCUT2D eigenvalue weighted by Crippen LogP contribution is -2.17. The number of carbonyl (C=O) groups excluding carboxylic acids is 1. The highest BCUT2D eigenvalue weighted by Crippen LogP contribution is 2.22. The Morgan fingerprint density at radius 1 is 1.12 bits per heavy atom. The lowest BCUT2D eigenvalue weighted by molar-refractivity contribution is 0.0963. The van der Waals surface area contributed by atoms with E-state index in [0.29, 0.717) is 17.2 Å². The van der Waals surface area contributed by atoms with Crippen molar-refractivity contribution < 1.29 is 4.79 Å². The van der Waals surface area contributed by atoms with Crippen LogP contribution in [0.2, 0.25) is 0 Å². The smallest absolute Gasteiger partial charge is 0.251 e. The summed E-state index contributed by atoms with van der Waals surface area (Å²) < 4.78 is 1.70. The van der Waals surface area contributed by atoms with E-state index in [9.17, 15) is 4.79 Å². The molecule has 1 amide bonds. The number of hydrogen-bond acceptors (Lipinski definition) is 6. The number of nitrogens with one attached hydrogen (secondary N) is 3. The van der Waals surface area contributed by atoms with E-state index in [4.69, 9.17) is 0 Å². The molecule has 3 aromatic rings. The van der Waals surface area contributed by atoms with E-state index in [-0.39, 0.29) is 5.91 Å². The van der Waals surface area contributed by atoms with Crippen LogP contribution >= 0.6 is 0 Å². The second kappa shape index (κ2) is 7.00. The highest BCUT2D eigenvalue weighted by molar-refractivity contribution is 5.95. The molecule has 2 aromatic heterocycles. The van der Waals surface area contributed by atoms with Crippen LogP contribution in [0.1, 0.15) is 16.1 Å². The van der Waals surface area contributed by atoms with Crippen LogP contribution in [0.5, 0.6) is 0 Å². The number of nitrogens with zero attached hydrogens (tertiary/aromatic N) is 4. The number of benzene rings is 1. The van der Waals surface area contributed by atoms with E-state index in [1.165, 1.54) is 6.33 Å². The van der Waals surface area contributed by atoms with Crippen molar-refractivity contribution in [3.63, 3.8) is 0 Å². The molecule has 0 aliphatic heterocycles. The summed E-state index contributed by atoms with van der Waals surface area (Å²) in [6, 6.07) is 11.0. The van der Waals surface area contributed by atoms with Crippen molar-refractivity contribution in [2.24, 2.45) is 0 Å². The molecule has 3 rings (SSSR count). The van der Waals surface area contributed by atoms with E-state index in [1.54, 1.807) is 37.0 Å². The van der Waals surface area contributed by atoms with Gasteiger partial charge < -0.3 is 16.0 Å². The quantitative estimate of drug-likeness (QED) is 0.660. The van der Waals surface area contributed by atoms with Crippen LogP contribution in [0.15, 0.2) is 42.7 Å². The average molecular weight is 337 g/mol. The molecule has 0 spiro atoms. The summed E-state index contributed by atoms with van der Waals surface area (Å²) in [5.74, 6) is 1.94. The van der Waals surface area contributed by atoms with E-state index in [0.717, 1.165) is 17.2 Å². The van der Waals surface area contributed by atoms with Crippen molar-refractivity contribution in [1.29, 1.82) is 0 Å². The van der Waals surface area contributed by atoms with Gasteiger partial charge in [0.05, 0.1) is 5.69 Å².